The van der Waals surface area contributed by atoms with Crippen LogP contribution in [0.1, 0.15) is 42.5 Å². The fourth-order valence-corrected chi connectivity index (χ4v) is 5.28. The molecule has 2 aromatic carbocycles. The van der Waals surface area contributed by atoms with Gasteiger partial charge in [-0.1, -0.05) is 36.4 Å². The molecule has 0 unspecified atom stereocenters. The molecule has 0 saturated carbocycles. The van der Waals surface area contributed by atoms with E-state index in [0.717, 1.165) is 21.8 Å². The number of allylic oxidation sites excluding steroid dienone is 2. The molecule has 2 amide bonds. The Balaban J connectivity index is 1.39. The summed E-state index contributed by atoms with van der Waals surface area (Å²) in [6, 6.07) is 13.7. The number of nitrogens with zero attached hydrogens (tertiary/aromatic N) is 4. The number of ether oxygens (including phenoxy) is 1. The summed E-state index contributed by atoms with van der Waals surface area (Å²) in [4.78, 5) is 32.0. The molecule has 0 spiro atoms. The van der Waals surface area contributed by atoms with Gasteiger partial charge in [0.15, 0.2) is 0 Å². The van der Waals surface area contributed by atoms with Gasteiger partial charge in [-0.25, -0.2) is 14.0 Å². The molecular weight excluding hydrogens is 449 g/mol. The van der Waals surface area contributed by atoms with Crippen LogP contribution in [0.25, 0.3) is 0 Å². The summed E-state index contributed by atoms with van der Waals surface area (Å²) in [5, 5.41) is 8.03. The number of aromatic nitrogens is 3. The van der Waals surface area contributed by atoms with Crippen LogP contribution in [0.5, 0.6) is 5.75 Å². The fourth-order valence-electron chi connectivity index (χ4n) is 5.28. The largest absolute Gasteiger partial charge is 0.497 e. The molecule has 4 atom stereocenters. The monoisotopic (exact) mass is 473 g/mol. The van der Waals surface area contributed by atoms with Crippen molar-refractivity contribution in [3.8, 4) is 5.75 Å². The lowest BCUT2D eigenvalue weighted by atomic mass is 9.85. The molecule has 1 aliphatic carbocycles. The summed E-state index contributed by atoms with van der Waals surface area (Å²) in [7, 11) is 1.62. The van der Waals surface area contributed by atoms with Gasteiger partial charge in [0.25, 0.3) is 5.95 Å². The Labute approximate surface area is 201 Å². The van der Waals surface area contributed by atoms with Gasteiger partial charge in [0, 0.05) is 0 Å². The van der Waals surface area contributed by atoms with E-state index in [2.05, 4.69) is 15.4 Å². The van der Waals surface area contributed by atoms with Crippen LogP contribution < -0.4 is 15.0 Å². The average Bonchev–Trinajstić information content (AvgIpc) is 3.42. The van der Waals surface area contributed by atoms with Gasteiger partial charge in [0.05, 0.1) is 31.0 Å². The van der Waals surface area contributed by atoms with Crippen LogP contribution in [0.2, 0.25) is 0 Å². The van der Waals surface area contributed by atoms with Gasteiger partial charge >= 0.3 is 0 Å². The Bertz CT molecular complexity index is 1290. The van der Waals surface area contributed by atoms with E-state index in [4.69, 9.17) is 4.74 Å². The molecule has 8 nitrogen and oxygen atoms in total. The van der Waals surface area contributed by atoms with E-state index in [0.29, 0.717) is 25.2 Å². The topological polar surface area (TPSA) is 89.4 Å². The molecule has 0 radical (unpaired) electrons. The Morgan fingerprint density at radius 2 is 1.57 bits per heavy atom. The van der Waals surface area contributed by atoms with Crippen LogP contribution in [-0.2, 0) is 9.59 Å². The Morgan fingerprint density at radius 1 is 0.943 bits per heavy atom. The lowest BCUT2D eigenvalue weighted by molar-refractivity contribution is -0.122. The maximum Gasteiger partial charge on any atom is 0.260 e. The molecule has 35 heavy (non-hydrogen) atoms. The number of rotatable bonds is 4. The Morgan fingerprint density at radius 3 is 2.20 bits per heavy atom. The number of amides is 2. The summed E-state index contributed by atoms with van der Waals surface area (Å²) in [5.74, 6) is -0.253. The summed E-state index contributed by atoms with van der Waals surface area (Å²) in [6.07, 6.45) is 5.62. The van der Waals surface area contributed by atoms with Gasteiger partial charge in [-0.05, 0) is 54.7 Å². The number of halogens is 1. The maximum atomic E-state index is 13.7. The summed E-state index contributed by atoms with van der Waals surface area (Å²) >= 11 is 0. The lowest BCUT2D eigenvalue weighted by Crippen LogP contribution is -2.32. The zero-order valence-electron chi connectivity index (χ0n) is 19.1. The number of fused-ring (bicyclic) bond motifs is 2. The number of hydrogen-bond donors (Lipinski definition) is 1. The van der Waals surface area contributed by atoms with Gasteiger partial charge in [-0.3, -0.25) is 9.59 Å². The molecule has 2 aliphatic heterocycles. The number of hydrogen-bond acceptors (Lipinski definition) is 6. The van der Waals surface area contributed by atoms with E-state index in [1.165, 1.54) is 12.1 Å². The highest BCUT2D eigenvalue weighted by Gasteiger charge is 2.50. The summed E-state index contributed by atoms with van der Waals surface area (Å²) < 4.78 is 20.6. The molecule has 1 saturated heterocycles. The third kappa shape index (κ3) is 3.58. The molecule has 1 aromatic heterocycles. The zero-order valence-corrected chi connectivity index (χ0v) is 19.1. The van der Waals surface area contributed by atoms with Crippen molar-refractivity contribution < 1.29 is 18.7 Å². The molecule has 178 valence electrons. The third-order valence-corrected chi connectivity index (χ3v) is 7.16. The van der Waals surface area contributed by atoms with Crippen LogP contribution >= 0.6 is 0 Å². The van der Waals surface area contributed by atoms with Crippen molar-refractivity contribution in [3.05, 3.63) is 77.6 Å². The number of benzene rings is 2. The summed E-state index contributed by atoms with van der Waals surface area (Å²) in [6.45, 7) is 0. The molecule has 1 N–H and O–H groups in total. The van der Waals surface area contributed by atoms with E-state index in [1.807, 2.05) is 36.4 Å². The van der Waals surface area contributed by atoms with Crippen molar-refractivity contribution >= 4 is 23.7 Å². The number of carbonyl (C=O) groups excluding carboxylic acids is 2. The molecular formula is C26H24FN5O3. The second-order valence-electron chi connectivity index (χ2n) is 9.12. The van der Waals surface area contributed by atoms with Crippen molar-refractivity contribution in [2.45, 2.75) is 31.3 Å². The molecule has 9 heteroatoms. The van der Waals surface area contributed by atoms with Gasteiger partial charge in [-0.2, -0.15) is 4.98 Å². The average molecular weight is 474 g/mol. The number of nitrogens with one attached hydrogen (secondary N) is 1. The van der Waals surface area contributed by atoms with Crippen molar-refractivity contribution in [1.29, 1.82) is 0 Å². The van der Waals surface area contributed by atoms with Crippen molar-refractivity contribution in [2.75, 3.05) is 17.3 Å². The minimum absolute atomic E-state index is 0.0828. The number of imide groups is 1. The maximum absolute atomic E-state index is 13.7. The first-order chi connectivity index (χ1) is 17.0. The molecule has 3 heterocycles. The van der Waals surface area contributed by atoms with Gasteiger partial charge < -0.3 is 10.1 Å². The highest BCUT2D eigenvalue weighted by molar-refractivity contribution is 6.21. The first kappa shape index (κ1) is 21.5. The van der Waals surface area contributed by atoms with Crippen molar-refractivity contribution in [1.82, 2.24) is 14.8 Å². The van der Waals surface area contributed by atoms with Crippen molar-refractivity contribution in [3.63, 3.8) is 0 Å². The molecule has 6 rings (SSSR count). The first-order valence-electron chi connectivity index (χ1n) is 11.7. The zero-order chi connectivity index (χ0) is 24.1. The fraction of sp³-hybridized carbons (Fsp3) is 0.308. The van der Waals surface area contributed by atoms with Gasteiger partial charge in [0.1, 0.15) is 11.6 Å². The Hall–Kier alpha value is -4.01. The van der Waals surface area contributed by atoms with Crippen LogP contribution in [0.15, 0.2) is 60.7 Å². The van der Waals surface area contributed by atoms with Crippen LogP contribution in [0.4, 0.5) is 16.3 Å². The molecule has 3 aliphatic rings. The molecule has 1 fully saturated rings. The molecule has 0 bridgehead atoms. The highest BCUT2D eigenvalue weighted by atomic mass is 19.1. The second-order valence-corrected chi connectivity index (χ2v) is 9.12. The van der Waals surface area contributed by atoms with E-state index >= 15 is 0 Å². The van der Waals surface area contributed by atoms with E-state index in [1.54, 1.807) is 23.9 Å². The van der Waals surface area contributed by atoms with Crippen LogP contribution in [0, 0.1) is 17.7 Å². The molecule has 3 aromatic rings. The summed E-state index contributed by atoms with van der Waals surface area (Å²) in [5.41, 5.74) is 1.89. The number of carbonyl (C=O) groups is 2. The Kier molecular flexibility index (Phi) is 5.12. The van der Waals surface area contributed by atoms with Crippen molar-refractivity contribution in [2.24, 2.45) is 11.8 Å². The predicted octanol–water partition coefficient (Wildman–Crippen LogP) is 4.03. The predicted molar refractivity (Wildman–Crippen MR) is 126 cm³/mol. The lowest BCUT2D eigenvalue weighted by Gasteiger charge is -2.31. The number of anilines is 2. The SMILES string of the molecule is COc1ccc([C@H]2C[C@H](c3ccc(F)cc3)n3nc(N4C(=O)[C@H]5CC=CC[C@@H]5C4=O)nc3N2)cc1. The normalized spacial score (nSPS) is 25.3. The van der Waals surface area contributed by atoms with E-state index in [-0.39, 0.29) is 47.5 Å². The minimum Gasteiger partial charge on any atom is -0.497 e. The number of methoxy groups -OCH3 is 1. The van der Waals surface area contributed by atoms with Gasteiger partial charge in [0.2, 0.25) is 17.8 Å². The minimum atomic E-state index is -0.360. The van der Waals surface area contributed by atoms with Crippen LogP contribution in [-0.4, -0.2) is 33.7 Å². The van der Waals surface area contributed by atoms with Gasteiger partial charge in [-0.15, -0.1) is 5.10 Å². The smallest absolute Gasteiger partial charge is 0.260 e. The third-order valence-electron chi connectivity index (χ3n) is 7.16. The van der Waals surface area contributed by atoms with E-state index in [9.17, 15) is 14.0 Å². The second kappa shape index (κ2) is 8.33. The quantitative estimate of drug-likeness (QED) is 0.455. The highest BCUT2D eigenvalue weighted by Crippen LogP contribution is 2.41. The van der Waals surface area contributed by atoms with Crippen LogP contribution in [0.3, 0.4) is 0 Å². The van der Waals surface area contributed by atoms with E-state index < -0.39 is 0 Å². The standard InChI is InChI=1S/C26H24FN5O3/c1-35-18-12-8-15(9-13-18)21-14-22(16-6-10-17(27)11-7-16)32-25(28-21)29-26(30-32)31-23(33)19-4-2-3-5-20(19)24(31)34/h2-3,6-13,19-22H,4-5,14H2,1H3,(H,28,29,30)/t19-,20-,21+,22+/m0/s1. The first-order valence-corrected chi connectivity index (χ1v) is 11.7.